The lowest BCUT2D eigenvalue weighted by molar-refractivity contribution is -0.0697. The van der Waals surface area contributed by atoms with E-state index in [0.717, 1.165) is 26.1 Å². The zero-order chi connectivity index (χ0) is 13.9. The van der Waals surface area contributed by atoms with Crippen molar-refractivity contribution in [3.05, 3.63) is 0 Å². The SMILES string of the molecule is CNC1(CO)CCCC1CCN1CC(C)OC(C)C1. The number of hydrogen-bond acceptors (Lipinski definition) is 4. The predicted molar refractivity (Wildman–Crippen MR) is 77.3 cm³/mol. The van der Waals surface area contributed by atoms with Crippen molar-refractivity contribution in [2.75, 3.05) is 33.3 Å². The fourth-order valence-electron chi connectivity index (χ4n) is 3.99. The van der Waals surface area contributed by atoms with Gasteiger partial charge in [0.25, 0.3) is 0 Å². The number of aliphatic hydroxyl groups is 1. The maximum Gasteiger partial charge on any atom is 0.0678 e. The van der Waals surface area contributed by atoms with Gasteiger partial charge in [-0.2, -0.15) is 0 Å². The third-order valence-electron chi connectivity index (χ3n) is 5.03. The molecule has 4 unspecified atom stereocenters. The molecule has 4 nitrogen and oxygen atoms in total. The zero-order valence-corrected chi connectivity index (χ0v) is 12.7. The Kier molecular flexibility index (Phi) is 5.23. The second-order valence-electron chi connectivity index (χ2n) is 6.46. The van der Waals surface area contributed by atoms with E-state index in [4.69, 9.17) is 4.74 Å². The van der Waals surface area contributed by atoms with Gasteiger partial charge in [-0.25, -0.2) is 0 Å². The van der Waals surface area contributed by atoms with Crippen LogP contribution in [0.15, 0.2) is 0 Å². The molecule has 0 radical (unpaired) electrons. The largest absolute Gasteiger partial charge is 0.394 e. The standard InChI is InChI=1S/C15H30N2O2/c1-12-9-17(10-13(2)19-12)8-6-14-5-4-7-15(14,11-18)16-3/h12-14,16,18H,4-11H2,1-3H3. The molecule has 0 amide bonds. The Morgan fingerprint density at radius 1 is 1.32 bits per heavy atom. The molecule has 0 spiro atoms. The summed E-state index contributed by atoms with van der Waals surface area (Å²) in [4.78, 5) is 2.52. The fourth-order valence-corrected chi connectivity index (χ4v) is 3.99. The molecular formula is C15H30N2O2. The minimum absolute atomic E-state index is 0.0243. The number of hydrogen-bond donors (Lipinski definition) is 2. The van der Waals surface area contributed by atoms with E-state index >= 15 is 0 Å². The van der Waals surface area contributed by atoms with E-state index in [9.17, 15) is 5.11 Å². The van der Waals surface area contributed by atoms with Crippen molar-refractivity contribution in [3.63, 3.8) is 0 Å². The Labute approximate surface area is 117 Å². The van der Waals surface area contributed by atoms with Crippen LogP contribution in [0.3, 0.4) is 0 Å². The molecule has 2 fully saturated rings. The van der Waals surface area contributed by atoms with Gasteiger partial charge < -0.3 is 15.2 Å². The van der Waals surface area contributed by atoms with Crippen LogP contribution in [0.5, 0.6) is 0 Å². The maximum absolute atomic E-state index is 9.71. The van der Waals surface area contributed by atoms with Crippen LogP contribution < -0.4 is 5.32 Å². The number of rotatable bonds is 5. The molecular weight excluding hydrogens is 240 g/mol. The fraction of sp³-hybridized carbons (Fsp3) is 1.00. The summed E-state index contributed by atoms with van der Waals surface area (Å²) < 4.78 is 5.78. The second kappa shape index (κ2) is 6.53. The highest BCUT2D eigenvalue weighted by molar-refractivity contribution is 4.98. The molecule has 1 aliphatic carbocycles. The molecule has 2 rings (SSSR count). The van der Waals surface area contributed by atoms with E-state index < -0.39 is 0 Å². The zero-order valence-electron chi connectivity index (χ0n) is 12.7. The van der Waals surface area contributed by atoms with Crippen LogP contribution >= 0.6 is 0 Å². The summed E-state index contributed by atoms with van der Waals surface area (Å²) in [6.45, 7) is 7.80. The Hall–Kier alpha value is -0.160. The summed E-state index contributed by atoms with van der Waals surface area (Å²) in [5, 5.41) is 13.1. The van der Waals surface area contributed by atoms with Crippen LogP contribution in [0.1, 0.15) is 39.5 Å². The van der Waals surface area contributed by atoms with E-state index in [1.807, 2.05) is 7.05 Å². The van der Waals surface area contributed by atoms with Gasteiger partial charge in [-0.1, -0.05) is 6.42 Å². The highest BCUT2D eigenvalue weighted by atomic mass is 16.5. The number of ether oxygens (including phenoxy) is 1. The highest BCUT2D eigenvalue weighted by Gasteiger charge is 2.40. The molecule has 1 saturated carbocycles. The smallest absolute Gasteiger partial charge is 0.0678 e. The molecule has 1 heterocycles. The molecule has 2 N–H and O–H groups in total. The van der Waals surface area contributed by atoms with Crippen LogP contribution in [-0.2, 0) is 4.74 Å². The molecule has 0 aromatic rings. The van der Waals surface area contributed by atoms with Crippen molar-refractivity contribution in [1.82, 2.24) is 10.2 Å². The van der Waals surface area contributed by atoms with E-state index in [-0.39, 0.29) is 12.1 Å². The van der Waals surface area contributed by atoms with Crippen LogP contribution in [0.25, 0.3) is 0 Å². The lowest BCUT2D eigenvalue weighted by Gasteiger charge is -2.38. The molecule has 0 bridgehead atoms. The molecule has 1 saturated heterocycles. The molecule has 4 heteroatoms. The lowest BCUT2D eigenvalue weighted by Crippen LogP contribution is -2.51. The average molecular weight is 270 g/mol. The van der Waals surface area contributed by atoms with Crippen molar-refractivity contribution >= 4 is 0 Å². The summed E-state index contributed by atoms with van der Waals surface area (Å²) >= 11 is 0. The summed E-state index contributed by atoms with van der Waals surface area (Å²) in [7, 11) is 1.99. The monoisotopic (exact) mass is 270 g/mol. The molecule has 112 valence electrons. The van der Waals surface area contributed by atoms with Gasteiger partial charge in [0.05, 0.1) is 18.8 Å². The Balaban J connectivity index is 1.84. The normalized spacial score (nSPS) is 40.7. The summed E-state index contributed by atoms with van der Waals surface area (Å²) in [6, 6.07) is 0. The number of aliphatic hydroxyl groups excluding tert-OH is 1. The summed E-state index contributed by atoms with van der Waals surface area (Å²) in [5.74, 6) is 0.607. The lowest BCUT2D eigenvalue weighted by atomic mass is 9.85. The molecule has 2 aliphatic rings. The van der Waals surface area contributed by atoms with Gasteiger partial charge in [0.2, 0.25) is 0 Å². The predicted octanol–water partition coefficient (Wildman–Crippen LogP) is 1.24. The van der Waals surface area contributed by atoms with E-state index in [1.54, 1.807) is 0 Å². The molecule has 4 atom stereocenters. The summed E-state index contributed by atoms with van der Waals surface area (Å²) in [5.41, 5.74) is -0.0243. The van der Waals surface area contributed by atoms with Gasteiger partial charge in [-0.15, -0.1) is 0 Å². The van der Waals surface area contributed by atoms with Gasteiger partial charge in [-0.05, 0) is 52.6 Å². The topological polar surface area (TPSA) is 44.7 Å². The third kappa shape index (κ3) is 3.48. The molecule has 1 aliphatic heterocycles. The highest BCUT2D eigenvalue weighted by Crippen LogP contribution is 2.37. The minimum atomic E-state index is -0.0243. The van der Waals surface area contributed by atoms with Crippen molar-refractivity contribution in [2.45, 2.75) is 57.3 Å². The first kappa shape index (κ1) is 15.2. The number of nitrogens with zero attached hydrogens (tertiary/aromatic N) is 1. The maximum atomic E-state index is 9.71. The second-order valence-corrected chi connectivity index (χ2v) is 6.46. The van der Waals surface area contributed by atoms with Crippen LogP contribution in [0.4, 0.5) is 0 Å². The molecule has 19 heavy (non-hydrogen) atoms. The van der Waals surface area contributed by atoms with Gasteiger partial charge in [0.15, 0.2) is 0 Å². The van der Waals surface area contributed by atoms with Crippen LogP contribution in [0.2, 0.25) is 0 Å². The molecule has 0 aromatic carbocycles. The first-order valence-electron chi connectivity index (χ1n) is 7.77. The Morgan fingerprint density at radius 3 is 2.58 bits per heavy atom. The Morgan fingerprint density at radius 2 is 2.00 bits per heavy atom. The average Bonchev–Trinajstić information content (AvgIpc) is 2.78. The first-order valence-corrected chi connectivity index (χ1v) is 7.77. The minimum Gasteiger partial charge on any atom is -0.394 e. The molecule has 0 aromatic heterocycles. The van der Waals surface area contributed by atoms with Crippen molar-refractivity contribution in [1.29, 1.82) is 0 Å². The number of nitrogens with one attached hydrogen (secondary N) is 1. The van der Waals surface area contributed by atoms with Crippen molar-refractivity contribution in [2.24, 2.45) is 5.92 Å². The van der Waals surface area contributed by atoms with Crippen LogP contribution in [0, 0.1) is 5.92 Å². The number of morpholine rings is 1. The van der Waals surface area contributed by atoms with E-state index in [1.165, 1.54) is 19.3 Å². The quantitative estimate of drug-likeness (QED) is 0.789. The Bertz CT molecular complexity index is 271. The van der Waals surface area contributed by atoms with Crippen molar-refractivity contribution < 1.29 is 9.84 Å². The van der Waals surface area contributed by atoms with E-state index in [2.05, 4.69) is 24.1 Å². The van der Waals surface area contributed by atoms with Crippen LogP contribution in [-0.4, -0.2) is 61.0 Å². The van der Waals surface area contributed by atoms with Gasteiger partial charge in [0, 0.05) is 18.6 Å². The van der Waals surface area contributed by atoms with Gasteiger partial charge >= 0.3 is 0 Å². The first-order chi connectivity index (χ1) is 9.09. The number of likely N-dealkylation sites (N-methyl/N-ethyl adjacent to an activating group) is 1. The summed E-state index contributed by atoms with van der Waals surface area (Å²) in [6.07, 6.45) is 5.47. The van der Waals surface area contributed by atoms with E-state index in [0.29, 0.717) is 18.1 Å². The third-order valence-corrected chi connectivity index (χ3v) is 5.03. The van der Waals surface area contributed by atoms with Gasteiger partial charge in [0.1, 0.15) is 0 Å². The van der Waals surface area contributed by atoms with Gasteiger partial charge in [-0.3, -0.25) is 4.90 Å². The van der Waals surface area contributed by atoms with Crippen molar-refractivity contribution in [3.8, 4) is 0 Å².